The first kappa shape index (κ1) is 37.5. The van der Waals surface area contributed by atoms with Gasteiger partial charge in [0, 0.05) is 38.0 Å². The van der Waals surface area contributed by atoms with E-state index in [4.69, 9.17) is 4.74 Å². The average Bonchev–Trinajstić information content (AvgIpc) is 3.78. The highest BCUT2D eigenvalue weighted by Crippen LogP contribution is 2.42. The minimum absolute atomic E-state index is 0.191. The molecule has 12 heteroatoms. The van der Waals surface area contributed by atoms with Crippen molar-refractivity contribution in [1.29, 1.82) is 0 Å². The molecular formula is C42H43N5O7. The molecule has 4 amide bonds. The van der Waals surface area contributed by atoms with E-state index in [-0.39, 0.29) is 42.4 Å². The highest BCUT2D eigenvalue weighted by atomic mass is 16.5. The molecule has 0 radical (unpaired) electrons. The minimum atomic E-state index is -1.30. The molecule has 54 heavy (non-hydrogen) atoms. The molecule has 2 unspecified atom stereocenters. The second-order valence-corrected chi connectivity index (χ2v) is 13.6. The number of hydrogen-bond donors (Lipinski definition) is 3. The molecule has 2 aliphatic rings. The third kappa shape index (κ3) is 8.66. The Hall–Kier alpha value is -6.30. The summed E-state index contributed by atoms with van der Waals surface area (Å²) in [5.41, 5.74) is 1.41. The van der Waals surface area contributed by atoms with Gasteiger partial charge in [-0.1, -0.05) is 79.6 Å². The number of aromatic nitrogens is 1. The molecule has 6 rings (SSSR count). The fourth-order valence-electron chi connectivity index (χ4n) is 7.30. The van der Waals surface area contributed by atoms with Crippen molar-refractivity contribution >= 4 is 41.4 Å². The normalized spacial score (nSPS) is 17.9. The van der Waals surface area contributed by atoms with Gasteiger partial charge in [-0.25, -0.2) is 4.79 Å². The molecule has 0 bridgehead atoms. The van der Waals surface area contributed by atoms with Crippen LogP contribution in [0.2, 0.25) is 0 Å². The number of pyridine rings is 1. The summed E-state index contributed by atoms with van der Waals surface area (Å²) < 4.78 is 5.87. The number of amides is 4. The molecule has 1 saturated heterocycles. The number of nitrogens with zero attached hydrogens (tertiary/aromatic N) is 3. The minimum Gasteiger partial charge on any atom is -0.484 e. The van der Waals surface area contributed by atoms with Crippen LogP contribution in [-0.2, 0) is 30.4 Å². The highest BCUT2D eigenvalue weighted by molar-refractivity contribution is 6.04. The van der Waals surface area contributed by atoms with Crippen LogP contribution in [0.15, 0.2) is 115 Å². The third-order valence-electron chi connectivity index (χ3n) is 9.99. The Morgan fingerprint density at radius 3 is 2.24 bits per heavy atom. The standard InChI is InChI=1S/C42H43N5O7/c1-29(48)44-24-22-42(20-8-9-21-42)41(53)45-35(40(51)52)25-30-16-18-33(19-17-30)46-38(32-12-4-2-5-13-32)47(37(49)28-54-34-14-6-3-7-15-34)36(39(46)50)26-31-11-10-23-43-27-31/h2-7,10-19,23,25,27,36,38H,8-9,20-22,24,26,28H2,1H3,(H,44,48)(H,45,53)(H,51,52)/b35-25-. The number of carbonyl (C=O) groups excluding carboxylic acids is 4. The number of anilines is 1. The number of para-hydroxylation sites is 1. The largest absolute Gasteiger partial charge is 0.484 e. The van der Waals surface area contributed by atoms with Gasteiger partial charge in [0.25, 0.3) is 11.8 Å². The van der Waals surface area contributed by atoms with Crippen molar-refractivity contribution in [3.8, 4) is 5.75 Å². The zero-order chi connectivity index (χ0) is 38.1. The van der Waals surface area contributed by atoms with Crippen LogP contribution in [0, 0.1) is 5.41 Å². The van der Waals surface area contributed by atoms with Gasteiger partial charge in [-0.3, -0.25) is 29.1 Å². The van der Waals surface area contributed by atoms with Gasteiger partial charge in [0.15, 0.2) is 6.61 Å². The smallest absolute Gasteiger partial charge is 0.352 e. The summed E-state index contributed by atoms with van der Waals surface area (Å²) in [5.74, 6) is -2.03. The number of rotatable bonds is 14. The lowest BCUT2D eigenvalue weighted by Gasteiger charge is -2.32. The highest BCUT2D eigenvalue weighted by Gasteiger charge is 2.50. The van der Waals surface area contributed by atoms with E-state index in [2.05, 4.69) is 15.6 Å². The first-order chi connectivity index (χ1) is 26.1. The van der Waals surface area contributed by atoms with Gasteiger partial charge in [-0.05, 0) is 72.4 Å². The van der Waals surface area contributed by atoms with E-state index in [0.717, 1.165) is 18.4 Å². The number of aliphatic carboxylic acids is 1. The van der Waals surface area contributed by atoms with Crippen molar-refractivity contribution in [2.75, 3.05) is 18.1 Å². The van der Waals surface area contributed by atoms with E-state index in [1.165, 1.54) is 13.0 Å². The molecule has 1 aromatic heterocycles. The van der Waals surface area contributed by atoms with Crippen molar-refractivity contribution in [2.45, 2.75) is 57.7 Å². The molecule has 1 saturated carbocycles. The lowest BCUT2D eigenvalue weighted by atomic mass is 9.81. The number of ether oxygens (including phenoxy) is 1. The van der Waals surface area contributed by atoms with Crippen LogP contribution in [0.5, 0.6) is 5.75 Å². The first-order valence-electron chi connectivity index (χ1n) is 18.0. The lowest BCUT2D eigenvalue weighted by molar-refractivity contribution is -0.138. The van der Waals surface area contributed by atoms with Crippen LogP contribution in [0.3, 0.4) is 0 Å². The Balaban J connectivity index is 1.30. The molecule has 2 atom stereocenters. The number of carboxylic acid groups (broad SMARTS) is 1. The summed E-state index contributed by atoms with van der Waals surface area (Å²) in [6.07, 6.45) is 7.40. The van der Waals surface area contributed by atoms with E-state index in [1.54, 1.807) is 64.7 Å². The number of carbonyl (C=O) groups is 5. The first-order valence-corrected chi connectivity index (χ1v) is 18.0. The molecule has 3 aromatic carbocycles. The van der Waals surface area contributed by atoms with Crippen molar-refractivity contribution in [3.05, 3.63) is 132 Å². The van der Waals surface area contributed by atoms with Crippen molar-refractivity contribution < 1.29 is 33.8 Å². The zero-order valence-electron chi connectivity index (χ0n) is 30.0. The Kier molecular flexibility index (Phi) is 11.8. The SMILES string of the molecule is CC(=O)NCCC1(C(=O)N/C(=C\c2ccc(N3C(=O)C(Cc4cccnc4)N(C(=O)COc4ccccc4)C3c3ccccc3)cc2)C(=O)O)CCCC1. The van der Waals surface area contributed by atoms with E-state index in [0.29, 0.717) is 48.4 Å². The van der Waals surface area contributed by atoms with Crippen molar-refractivity contribution in [1.82, 2.24) is 20.5 Å². The molecule has 0 spiro atoms. The summed E-state index contributed by atoms with van der Waals surface area (Å²) in [4.78, 5) is 73.4. The fourth-order valence-corrected chi connectivity index (χ4v) is 7.30. The predicted molar refractivity (Wildman–Crippen MR) is 202 cm³/mol. The summed E-state index contributed by atoms with van der Waals surface area (Å²) in [6.45, 7) is 1.44. The second kappa shape index (κ2) is 17.0. The summed E-state index contributed by atoms with van der Waals surface area (Å²) in [7, 11) is 0. The Morgan fingerprint density at radius 1 is 0.926 bits per heavy atom. The second-order valence-electron chi connectivity index (χ2n) is 13.6. The van der Waals surface area contributed by atoms with Crippen LogP contribution in [0.1, 0.15) is 61.9 Å². The maximum atomic E-state index is 14.5. The van der Waals surface area contributed by atoms with Gasteiger partial charge in [0.05, 0.1) is 5.41 Å². The van der Waals surface area contributed by atoms with E-state index in [9.17, 15) is 29.1 Å². The molecule has 2 fully saturated rings. The molecule has 2 heterocycles. The third-order valence-corrected chi connectivity index (χ3v) is 9.99. The fraction of sp³-hybridized carbons (Fsp3) is 0.286. The van der Waals surface area contributed by atoms with Crippen LogP contribution in [-0.4, -0.2) is 63.8 Å². The van der Waals surface area contributed by atoms with Crippen molar-refractivity contribution in [2.24, 2.45) is 5.41 Å². The van der Waals surface area contributed by atoms with Gasteiger partial charge >= 0.3 is 5.97 Å². The monoisotopic (exact) mass is 729 g/mol. The Labute approximate surface area is 313 Å². The van der Waals surface area contributed by atoms with Crippen LogP contribution >= 0.6 is 0 Å². The van der Waals surface area contributed by atoms with Crippen LogP contribution < -0.4 is 20.3 Å². The quantitative estimate of drug-likeness (QED) is 0.148. The van der Waals surface area contributed by atoms with Gasteiger partial charge in [-0.2, -0.15) is 0 Å². The molecule has 4 aromatic rings. The summed E-state index contributed by atoms with van der Waals surface area (Å²) in [5, 5.41) is 15.5. The maximum Gasteiger partial charge on any atom is 0.352 e. The lowest BCUT2D eigenvalue weighted by Crippen LogP contribution is -2.43. The van der Waals surface area contributed by atoms with Gasteiger partial charge in [0.1, 0.15) is 23.7 Å². The number of nitrogens with one attached hydrogen (secondary N) is 2. The molecule has 278 valence electrons. The summed E-state index contributed by atoms with van der Waals surface area (Å²) >= 11 is 0. The molecular weight excluding hydrogens is 686 g/mol. The molecule has 12 nitrogen and oxygen atoms in total. The van der Waals surface area contributed by atoms with E-state index < -0.39 is 23.6 Å². The molecule has 3 N–H and O–H groups in total. The van der Waals surface area contributed by atoms with Crippen LogP contribution in [0.4, 0.5) is 5.69 Å². The number of hydrogen-bond acceptors (Lipinski definition) is 7. The Bertz CT molecular complexity index is 1980. The number of carboxylic acids is 1. The average molecular weight is 730 g/mol. The van der Waals surface area contributed by atoms with Crippen LogP contribution in [0.25, 0.3) is 6.08 Å². The topological polar surface area (TPSA) is 158 Å². The van der Waals surface area contributed by atoms with E-state index in [1.807, 2.05) is 54.6 Å². The van der Waals surface area contributed by atoms with Crippen molar-refractivity contribution in [3.63, 3.8) is 0 Å². The predicted octanol–water partition coefficient (Wildman–Crippen LogP) is 5.27. The van der Waals surface area contributed by atoms with Gasteiger partial charge in [0.2, 0.25) is 11.8 Å². The van der Waals surface area contributed by atoms with E-state index >= 15 is 0 Å². The Morgan fingerprint density at radius 2 is 1.61 bits per heavy atom. The van der Waals surface area contributed by atoms with Gasteiger partial charge < -0.3 is 25.4 Å². The number of benzene rings is 3. The molecule has 1 aliphatic carbocycles. The van der Waals surface area contributed by atoms with Gasteiger partial charge in [-0.15, -0.1) is 0 Å². The zero-order valence-corrected chi connectivity index (χ0v) is 30.0. The molecule has 1 aliphatic heterocycles. The summed E-state index contributed by atoms with van der Waals surface area (Å²) in [6, 6.07) is 27.8. The maximum absolute atomic E-state index is 14.5.